The molecule has 1 heterocycles. The number of H-pyrrole nitrogens is 1. The molecule has 0 saturated heterocycles. The van der Waals surface area contributed by atoms with Gasteiger partial charge in [-0.3, -0.25) is 14.9 Å². The first-order chi connectivity index (χ1) is 12.5. The van der Waals surface area contributed by atoms with Crippen molar-refractivity contribution in [3.63, 3.8) is 0 Å². The molecule has 1 aromatic heterocycles. The Labute approximate surface area is 150 Å². The van der Waals surface area contributed by atoms with Crippen molar-refractivity contribution in [2.75, 3.05) is 5.75 Å². The van der Waals surface area contributed by atoms with Gasteiger partial charge in [0.25, 0.3) is 5.91 Å². The standard InChI is InChI=1S/C17H13F2N3O3S/c18-16(19)25-11-7-5-10(6-8-11)15(24)22-14(23)9-26-17-20-12-3-1-2-4-13(12)21-17/h1-8,16H,9H2,(H,20,21)(H,22,23,24). The van der Waals surface area contributed by atoms with Crippen molar-refractivity contribution >= 4 is 34.6 Å². The van der Waals surface area contributed by atoms with Gasteiger partial charge in [-0.15, -0.1) is 0 Å². The Morgan fingerprint density at radius 2 is 1.88 bits per heavy atom. The summed E-state index contributed by atoms with van der Waals surface area (Å²) in [6.45, 7) is -2.94. The topological polar surface area (TPSA) is 84.1 Å². The van der Waals surface area contributed by atoms with E-state index < -0.39 is 18.4 Å². The SMILES string of the molecule is O=C(CSc1nc2ccccc2[nH]1)NC(=O)c1ccc(OC(F)F)cc1. The lowest BCUT2D eigenvalue weighted by Crippen LogP contribution is -2.31. The second-order valence-corrected chi connectivity index (χ2v) is 6.09. The normalized spacial score (nSPS) is 10.9. The number of rotatable bonds is 6. The van der Waals surface area contributed by atoms with Crippen molar-refractivity contribution in [3.8, 4) is 5.75 Å². The fourth-order valence-electron chi connectivity index (χ4n) is 2.15. The molecule has 0 fully saturated rings. The molecule has 9 heteroatoms. The van der Waals surface area contributed by atoms with Gasteiger partial charge in [0.05, 0.1) is 16.8 Å². The summed E-state index contributed by atoms with van der Waals surface area (Å²) in [4.78, 5) is 31.3. The van der Waals surface area contributed by atoms with Crippen LogP contribution in [-0.4, -0.2) is 34.1 Å². The average Bonchev–Trinajstić information content (AvgIpc) is 3.03. The Hall–Kier alpha value is -2.94. The van der Waals surface area contributed by atoms with Gasteiger partial charge in [0.1, 0.15) is 5.75 Å². The van der Waals surface area contributed by atoms with Gasteiger partial charge in [0.2, 0.25) is 5.91 Å². The van der Waals surface area contributed by atoms with Gasteiger partial charge < -0.3 is 9.72 Å². The first-order valence-electron chi connectivity index (χ1n) is 7.48. The third kappa shape index (κ3) is 4.57. The maximum atomic E-state index is 12.1. The number of hydrogen-bond acceptors (Lipinski definition) is 5. The van der Waals surface area contributed by atoms with Crippen molar-refractivity contribution in [2.45, 2.75) is 11.8 Å². The number of imidazole rings is 1. The number of thioether (sulfide) groups is 1. The van der Waals surface area contributed by atoms with Crippen LogP contribution in [0.15, 0.2) is 53.7 Å². The van der Waals surface area contributed by atoms with Crippen LogP contribution in [0.3, 0.4) is 0 Å². The predicted molar refractivity (Wildman–Crippen MR) is 92.4 cm³/mol. The number of aromatic amines is 1. The van der Waals surface area contributed by atoms with Gasteiger partial charge in [-0.05, 0) is 36.4 Å². The number of halogens is 2. The summed E-state index contributed by atoms with van der Waals surface area (Å²) in [7, 11) is 0. The Kier molecular flexibility index (Phi) is 5.47. The molecule has 3 aromatic rings. The van der Waals surface area contributed by atoms with Crippen LogP contribution < -0.4 is 10.1 Å². The lowest BCUT2D eigenvalue weighted by Gasteiger charge is -2.06. The van der Waals surface area contributed by atoms with Crippen LogP contribution in [0.1, 0.15) is 10.4 Å². The molecular weight excluding hydrogens is 364 g/mol. The van der Waals surface area contributed by atoms with E-state index >= 15 is 0 Å². The van der Waals surface area contributed by atoms with Crippen molar-refractivity contribution in [1.29, 1.82) is 0 Å². The summed E-state index contributed by atoms with van der Waals surface area (Å²) in [6, 6.07) is 12.5. The lowest BCUT2D eigenvalue weighted by atomic mass is 10.2. The van der Waals surface area contributed by atoms with Crippen LogP contribution in [0.25, 0.3) is 11.0 Å². The number of hydrogen-bond donors (Lipinski definition) is 2. The highest BCUT2D eigenvalue weighted by atomic mass is 32.2. The van der Waals surface area contributed by atoms with E-state index in [1.54, 1.807) is 0 Å². The summed E-state index contributed by atoms with van der Waals surface area (Å²) in [5.41, 5.74) is 1.81. The van der Waals surface area contributed by atoms with E-state index in [1.807, 2.05) is 24.3 Å². The highest BCUT2D eigenvalue weighted by Gasteiger charge is 2.13. The van der Waals surface area contributed by atoms with Gasteiger partial charge in [-0.2, -0.15) is 8.78 Å². The quantitative estimate of drug-likeness (QED) is 0.645. The molecule has 3 rings (SSSR count). The first kappa shape index (κ1) is 17.9. The molecule has 0 spiro atoms. The first-order valence-corrected chi connectivity index (χ1v) is 8.46. The number of amides is 2. The van der Waals surface area contributed by atoms with E-state index in [2.05, 4.69) is 20.0 Å². The maximum Gasteiger partial charge on any atom is 0.387 e. The second kappa shape index (κ2) is 7.96. The van der Waals surface area contributed by atoms with E-state index in [9.17, 15) is 18.4 Å². The number of aromatic nitrogens is 2. The third-order valence-electron chi connectivity index (χ3n) is 3.30. The van der Waals surface area contributed by atoms with Crippen LogP contribution >= 0.6 is 11.8 Å². The number of fused-ring (bicyclic) bond motifs is 1. The van der Waals surface area contributed by atoms with E-state index in [4.69, 9.17) is 0 Å². The molecule has 2 aromatic carbocycles. The number of carbonyl (C=O) groups excluding carboxylic acids is 2. The van der Waals surface area contributed by atoms with Crippen molar-refractivity contribution < 1.29 is 23.1 Å². The van der Waals surface area contributed by atoms with Crippen LogP contribution in [0.2, 0.25) is 0 Å². The van der Waals surface area contributed by atoms with Crippen LogP contribution in [0, 0.1) is 0 Å². The number of nitrogens with one attached hydrogen (secondary N) is 2. The molecule has 2 N–H and O–H groups in total. The number of imide groups is 1. The van der Waals surface area contributed by atoms with Crippen molar-refractivity contribution in [1.82, 2.24) is 15.3 Å². The minimum atomic E-state index is -2.94. The molecule has 2 amide bonds. The number of alkyl halides is 2. The van der Waals surface area contributed by atoms with Crippen LogP contribution in [0.4, 0.5) is 8.78 Å². The van der Waals surface area contributed by atoms with E-state index in [0.29, 0.717) is 5.16 Å². The van der Waals surface area contributed by atoms with Gasteiger partial charge in [-0.25, -0.2) is 4.98 Å². The van der Waals surface area contributed by atoms with Crippen LogP contribution in [0.5, 0.6) is 5.75 Å². The zero-order valence-corrected chi connectivity index (χ0v) is 14.1. The molecule has 0 atom stereocenters. The molecule has 0 aliphatic heterocycles. The fourth-order valence-corrected chi connectivity index (χ4v) is 2.84. The zero-order chi connectivity index (χ0) is 18.5. The average molecular weight is 377 g/mol. The van der Waals surface area contributed by atoms with Gasteiger partial charge >= 0.3 is 6.61 Å². The summed E-state index contributed by atoms with van der Waals surface area (Å²) in [5.74, 6) is -1.18. The summed E-state index contributed by atoms with van der Waals surface area (Å²) < 4.78 is 28.4. The number of para-hydroxylation sites is 2. The highest BCUT2D eigenvalue weighted by Crippen LogP contribution is 2.19. The lowest BCUT2D eigenvalue weighted by molar-refractivity contribution is -0.117. The second-order valence-electron chi connectivity index (χ2n) is 5.13. The summed E-state index contributed by atoms with van der Waals surface area (Å²) in [5, 5.41) is 2.80. The number of ether oxygens (including phenoxy) is 1. The Bertz CT molecular complexity index is 895. The zero-order valence-electron chi connectivity index (χ0n) is 13.2. The van der Waals surface area contributed by atoms with E-state index in [1.165, 1.54) is 36.0 Å². The molecule has 134 valence electrons. The molecule has 0 aliphatic rings. The smallest absolute Gasteiger partial charge is 0.387 e. The molecule has 0 bridgehead atoms. The molecule has 0 aliphatic carbocycles. The van der Waals surface area contributed by atoms with E-state index in [0.717, 1.165) is 11.0 Å². The largest absolute Gasteiger partial charge is 0.435 e. The minimum absolute atomic E-state index is 0.00185. The molecule has 26 heavy (non-hydrogen) atoms. The monoisotopic (exact) mass is 377 g/mol. The number of benzene rings is 2. The Balaban J connectivity index is 1.53. The predicted octanol–water partition coefficient (Wildman–Crippen LogP) is 3.21. The number of nitrogens with zero attached hydrogens (tertiary/aromatic N) is 1. The highest BCUT2D eigenvalue weighted by molar-refractivity contribution is 7.99. The van der Waals surface area contributed by atoms with Crippen molar-refractivity contribution in [2.24, 2.45) is 0 Å². The Morgan fingerprint density at radius 3 is 2.58 bits per heavy atom. The maximum absolute atomic E-state index is 12.1. The third-order valence-corrected chi connectivity index (χ3v) is 4.18. The fraction of sp³-hybridized carbons (Fsp3) is 0.118. The molecule has 6 nitrogen and oxygen atoms in total. The van der Waals surface area contributed by atoms with Crippen LogP contribution in [-0.2, 0) is 4.79 Å². The van der Waals surface area contributed by atoms with Gasteiger partial charge in [0.15, 0.2) is 5.16 Å². The Morgan fingerprint density at radius 1 is 1.15 bits per heavy atom. The number of carbonyl (C=O) groups is 2. The molecule has 0 saturated carbocycles. The molecule has 0 unspecified atom stereocenters. The molecule has 0 radical (unpaired) electrons. The van der Waals surface area contributed by atoms with Crippen molar-refractivity contribution in [3.05, 3.63) is 54.1 Å². The molecular formula is C17H13F2N3O3S. The minimum Gasteiger partial charge on any atom is -0.435 e. The van der Waals surface area contributed by atoms with Gasteiger partial charge in [0, 0.05) is 5.56 Å². The summed E-state index contributed by atoms with van der Waals surface area (Å²) in [6.07, 6.45) is 0. The summed E-state index contributed by atoms with van der Waals surface area (Å²) >= 11 is 1.17. The van der Waals surface area contributed by atoms with E-state index in [-0.39, 0.29) is 17.1 Å². The van der Waals surface area contributed by atoms with Gasteiger partial charge in [-0.1, -0.05) is 23.9 Å².